The van der Waals surface area contributed by atoms with E-state index in [9.17, 15) is 0 Å². The zero-order chi connectivity index (χ0) is 9.26. The molecule has 0 bridgehead atoms. The van der Waals surface area contributed by atoms with E-state index >= 15 is 0 Å². The van der Waals surface area contributed by atoms with Gasteiger partial charge in [-0.1, -0.05) is 0 Å². The molecule has 4 heteroatoms. The van der Waals surface area contributed by atoms with Crippen LogP contribution >= 0.6 is 0 Å². The summed E-state index contributed by atoms with van der Waals surface area (Å²) in [6.07, 6.45) is 4.10. The zero-order valence-corrected chi connectivity index (χ0v) is 7.25. The van der Waals surface area contributed by atoms with Crippen LogP contribution in [0.2, 0.25) is 0 Å². The maximum Gasteiger partial charge on any atom is 0.126 e. The molecule has 1 aliphatic rings. The maximum absolute atomic E-state index is 7.25. The quantitative estimate of drug-likeness (QED) is 0.474. The van der Waals surface area contributed by atoms with Gasteiger partial charge in [0.1, 0.15) is 11.7 Å². The van der Waals surface area contributed by atoms with E-state index in [1.807, 2.05) is 0 Å². The molecule has 1 heterocycles. The average Bonchev–Trinajstić information content (AvgIpc) is 2.89. The van der Waals surface area contributed by atoms with E-state index in [1.54, 1.807) is 18.3 Å². The lowest BCUT2D eigenvalue weighted by atomic mass is 10.2. The number of nitrogen functional groups attached to an aromatic ring is 1. The fourth-order valence-electron chi connectivity index (χ4n) is 1.11. The van der Waals surface area contributed by atoms with Crippen molar-refractivity contribution in [1.82, 2.24) is 4.98 Å². The fourth-order valence-corrected chi connectivity index (χ4v) is 1.11. The van der Waals surface area contributed by atoms with Crippen LogP contribution < -0.4 is 11.1 Å². The Morgan fingerprint density at radius 3 is 3.00 bits per heavy atom. The molecule has 0 aromatic carbocycles. The highest BCUT2D eigenvalue weighted by Gasteiger charge is 2.21. The molecule has 1 fully saturated rings. The standard InChI is InChI=1S/C9H12N4/c10-9(11)6-3-4-12-8(5-6)13-7-1-2-7/h3-5,7H,1-2H2,(H3,10,11)(H,12,13). The van der Waals surface area contributed by atoms with Crippen LogP contribution in [0.15, 0.2) is 18.3 Å². The van der Waals surface area contributed by atoms with Crippen molar-refractivity contribution in [2.45, 2.75) is 18.9 Å². The first-order valence-corrected chi connectivity index (χ1v) is 4.33. The summed E-state index contributed by atoms with van der Waals surface area (Å²) < 4.78 is 0. The molecule has 1 aromatic rings. The first-order chi connectivity index (χ1) is 6.25. The second-order valence-electron chi connectivity index (χ2n) is 3.26. The lowest BCUT2D eigenvalue weighted by Crippen LogP contribution is -2.12. The Hall–Kier alpha value is -1.58. The van der Waals surface area contributed by atoms with E-state index in [2.05, 4.69) is 10.3 Å². The molecule has 4 N–H and O–H groups in total. The summed E-state index contributed by atoms with van der Waals surface area (Å²) in [7, 11) is 0. The van der Waals surface area contributed by atoms with Gasteiger partial charge in [-0.2, -0.15) is 0 Å². The molecule has 4 nitrogen and oxygen atoms in total. The molecule has 0 spiro atoms. The molecule has 68 valence electrons. The van der Waals surface area contributed by atoms with Crippen molar-refractivity contribution in [3.63, 3.8) is 0 Å². The van der Waals surface area contributed by atoms with Crippen LogP contribution in [0.4, 0.5) is 5.82 Å². The van der Waals surface area contributed by atoms with Gasteiger partial charge < -0.3 is 11.1 Å². The van der Waals surface area contributed by atoms with Gasteiger partial charge in [0.2, 0.25) is 0 Å². The number of hydrogen-bond donors (Lipinski definition) is 3. The van der Waals surface area contributed by atoms with Gasteiger partial charge in [0.05, 0.1) is 0 Å². The van der Waals surface area contributed by atoms with Gasteiger partial charge in [-0.05, 0) is 25.0 Å². The topological polar surface area (TPSA) is 74.8 Å². The molecule has 0 saturated heterocycles. The van der Waals surface area contributed by atoms with E-state index in [0.29, 0.717) is 6.04 Å². The first kappa shape index (κ1) is 8.04. The van der Waals surface area contributed by atoms with Crippen LogP contribution in [0.3, 0.4) is 0 Å². The fraction of sp³-hybridized carbons (Fsp3) is 0.333. The van der Waals surface area contributed by atoms with Gasteiger partial charge in [0.15, 0.2) is 0 Å². The highest BCUT2D eigenvalue weighted by atomic mass is 15.0. The lowest BCUT2D eigenvalue weighted by Gasteiger charge is -2.04. The van der Waals surface area contributed by atoms with E-state index in [-0.39, 0.29) is 5.84 Å². The average molecular weight is 176 g/mol. The Kier molecular flexibility index (Phi) is 1.88. The highest BCUT2D eigenvalue weighted by molar-refractivity contribution is 5.95. The molecule has 13 heavy (non-hydrogen) atoms. The molecule has 1 saturated carbocycles. The SMILES string of the molecule is N=C(N)c1ccnc(NC2CC2)c1. The minimum Gasteiger partial charge on any atom is -0.384 e. The molecule has 0 amide bonds. The van der Waals surface area contributed by atoms with E-state index in [0.717, 1.165) is 11.4 Å². The molecular weight excluding hydrogens is 164 g/mol. The third-order valence-corrected chi connectivity index (χ3v) is 2.00. The predicted octanol–water partition coefficient (Wildman–Crippen LogP) is 0.940. The number of nitrogens with two attached hydrogens (primary N) is 1. The van der Waals surface area contributed by atoms with Gasteiger partial charge in [0.25, 0.3) is 0 Å². The van der Waals surface area contributed by atoms with Crippen molar-refractivity contribution in [1.29, 1.82) is 5.41 Å². The van der Waals surface area contributed by atoms with E-state index in [1.165, 1.54) is 12.8 Å². The second-order valence-corrected chi connectivity index (χ2v) is 3.26. The smallest absolute Gasteiger partial charge is 0.126 e. The van der Waals surface area contributed by atoms with Gasteiger partial charge in [-0.25, -0.2) is 4.98 Å². The molecule has 0 unspecified atom stereocenters. The number of aromatic nitrogens is 1. The molecule has 0 atom stereocenters. The van der Waals surface area contributed by atoms with E-state index < -0.39 is 0 Å². The maximum atomic E-state index is 7.25. The highest BCUT2D eigenvalue weighted by Crippen LogP contribution is 2.23. The Balaban J connectivity index is 2.15. The minimum absolute atomic E-state index is 0.0845. The van der Waals surface area contributed by atoms with Crippen LogP contribution in [0.1, 0.15) is 18.4 Å². The van der Waals surface area contributed by atoms with Gasteiger partial charge in [-0.3, -0.25) is 5.41 Å². The van der Waals surface area contributed by atoms with Gasteiger partial charge >= 0.3 is 0 Å². The molecule has 0 aliphatic heterocycles. The Morgan fingerprint density at radius 1 is 1.62 bits per heavy atom. The third-order valence-electron chi connectivity index (χ3n) is 2.00. The largest absolute Gasteiger partial charge is 0.384 e. The van der Waals surface area contributed by atoms with Crippen molar-refractivity contribution < 1.29 is 0 Å². The number of hydrogen-bond acceptors (Lipinski definition) is 3. The van der Waals surface area contributed by atoms with Crippen molar-refractivity contribution in [3.8, 4) is 0 Å². The zero-order valence-electron chi connectivity index (χ0n) is 7.25. The van der Waals surface area contributed by atoms with Crippen molar-refractivity contribution >= 4 is 11.7 Å². The summed E-state index contributed by atoms with van der Waals surface area (Å²) in [6.45, 7) is 0. The van der Waals surface area contributed by atoms with E-state index in [4.69, 9.17) is 11.1 Å². The van der Waals surface area contributed by atoms with Crippen molar-refractivity contribution in [2.75, 3.05) is 5.32 Å². The first-order valence-electron chi connectivity index (χ1n) is 4.33. The Labute approximate surface area is 76.7 Å². The molecular formula is C9H12N4. The van der Waals surface area contributed by atoms with Crippen LogP contribution in [0.5, 0.6) is 0 Å². The minimum atomic E-state index is 0.0845. The predicted molar refractivity (Wildman–Crippen MR) is 51.9 cm³/mol. The Morgan fingerprint density at radius 2 is 2.38 bits per heavy atom. The van der Waals surface area contributed by atoms with Crippen molar-refractivity contribution in [2.24, 2.45) is 5.73 Å². The summed E-state index contributed by atoms with van der Waals surface area (Å²) in [4.78, 5) is 4.14. The Bertz CT molecular complexity index is 330. The van der Waals surface area contributed by atoms with Crippen LogP contribution in [-0.4, -0.2) is 16.9 Å². The number of anilines is 1. The molecule has 2 rings (SSSR count). The number of nitrogens with one attached hydrogen (secondary N) is 2. The number of pyridine rings is 1. The number of nitrogens with zero attached hydrogens (tertiary/aromatic N) is 1. The summed E-state index contributed by atoms with van der Waals surface area (Å²) in [5, 5.41) is 10.5. The van der Waals surface area contributed by atoms with Crippen LogP contribution in [-0.2, 0) is 0 Å². The monoisotopic (exact) mass is 176 g/mol. The van der Waals surface area contributed by atoms with Gasteiger partial charge in [-0.15, -0.1) is 0 Å². The summed E-state index contributed by atoms with van der Waals surface area (Å²) >= 11 is 0. The van der Waals surface area contributed by atoms with Crippen molar-refractivity contribution in [3.05, 3.63) is 23.9 Å². The number of amidine groups is 1. The summed E-state index contributed by atoms with van der Waals surface area (Å²) in [6, 6.07) is 4.12. The number of rotatable bonds is 3. The van der Waals surface area contributed by atoms with Crippen LogP contribution in [0.25, 0.3) is 0 Å². The van der Waals surface area contributed by atoms with Crippen LogP contribution in [0, 0.1) is 5.41 Å². The molecule has 0 radical (unpaired) electrons. The summed E-state index contributed by atoms with van der Waals surface area (Å²) in [5.74, 6) is 0.899. The lowest BCUT2D eigenvalue weighted by molar-refractivity contribution is 1.11. The normalized spacial score (nSPS) is 15.4. The second kappa shape index (κ2) is 3.05. The molecule has 1 aromatic heterocycles. The molecule has 1 aliphatic carbocycles. The summed E-state index contributed by atoms with van der Waals surface area (Å²) in [5.41, 5.74) is 6.08. The van der Waals surface area contributed by atoms with Gasteiger partial charge in [0, 0.05) is 17.8 Å². The third kappa shape index (κ3) is 1.96.